The van der Waals surface area contributed by atoms with Gasteiger partial charge in [-0.3, -0.25) is 9.59 Å². The highest BCUT2D eigenvalue weighted by Crippen LogP contribution is 2.30. The van der Waals surface area contributed by atoms with E-state index in [1.165, 1.54) is 4.90 Å². The Labute approximate surface area is 182 Å². The van der Waals surface area contributed by atoms with Crippen molar-refractivity contribution in [2.45, 2.75) is 26.8 Å². The summed E-state index contributed by atoms with van der Waals surface area (Å²) in [6.45, 7) is 4.18. The Hall–Kier alpha value is -2.23. The molecule has 2 aromatic rings. The van der Waals surface area contributed by atoms with Gasteiger partial charge >= 0.3 is 0 Å². The minimum Gasteiger partial charge on any atom is -0.384 e. The van der Waals surface area contributed by atoms with Crippen molar-refractivity contribution in [3.63, 3.8) is 0 Å². The van der Waals surface area contributed by atoms with E-state index in [1.807, 2.05) is 6.07 Å². The molecule has 0 aliphatic rings. The maximum Gasteiger partial charge on any atom is 0.223 e. The second-order valence-corrected chi connectivity index (χ2v) is 8.20. The normalized spacial score (nSPS) is 11.7. The Morgan fingerprint density at radius 3 is 2.79 bits per heavy atom. The molecule has 154 valence electrons. The minimum absolute atomic E-state index is 0.110. The number of nitrogens with two attached hydrogens (primary N) is 1. The highest BCUT2D eigenvalue weighted by Gasteiger charge is 2.18. The summed E-state index contributed by atoms with van der Waals surface area (Å²) < 4.78 is 6.01. The average molecular weight is 479 g/mol. The summed E-state index contributed by atoms with van der Waals surface area (Å²) in [5.41, 5.74) is 7.82. The molecule has 0 aliphatic carbocycles. The van der Waals surface area contributed by atoms with Gasteiger partial charge in [0.15, 0.2) is 0 Å². The number of benzene rings is 1. The summed E-state index contributed by atoms with van der Waals surface area (Å²) in [4.78, 5) is 35.1. The molecule has 7 nitrogen and oxygen atoms in total. The molecule has 2 rings (SSSR count). The topological polar surface area (TPSA) is 98.4 Å². The first-order valence-electron chi connectivity index (χ1n) is 8.82. The van der Waals surface area contributed by atoms with E-state index >= 15 is 0 Å². The zero-order valence-corrected chi connectivity index (χ0v) is 18.9. The molecular weight excluding hydrogens is 456 g/mol. The lowest BCUT2D eigenvalue weighted by molar-refractivity contribution is -0.116. The second-order valence-electron chi connectivity index (χ2n) is 6.21. The molecule has 1 aromatic heterocycles. The van der Waals surface area contributed by atoms with E-state index in [-0.39, 0.29) is 11.7 Å². The molecule has 0 unspecified atom stereocenters. The molecule has 0 aliphatic heterocycles. The number of nitrogen functional groups attached to an aromatic ring is 1. The van der Waals surface area contributed by atoms with E-state index < -0.39 is 0 Å². The number of amides is 1. The molecule has 0 radical (unpaired) electrons. The lowest BCUT2D eigenvalue weighted by Crippen LogP contribution is -2.22. The van der Waals surface area contributed by atoms with Crippen molar-refractivity contribution in [1.82, 2.24) is 14.9 Å². The quantitative estimate of drug-likeness (QED) is 0.544. The first-order valence-corrected chi connectivity index (χ1v) is 10.4. The summed E-state index contributed by atoms with van der Waals surface area (Å²) in [7, 11) is 1.59. The van der Waals surface area contributed by atoms with Crippen LogP contribution in [0.3, 0.4) is 0 Å². The monoisotopic (exact) mass is 478 g/mol. The highest BCUT2D eigenvalue weighted by molar-refractivity contribution is 9.10. The number of hydrogen-bond donors (Lipinski definition) is 1. The Bertz CT molecular complexity index is 920. The summed E-state index contributed by atoms with van der Waals surface area (Å²) in [6.07, 6.45) is 2.82. The minimum atomic E-state index is -0.110. The molecule has 0 fully saturated rings. The van der Waals surface area contributed by atoms with Gasteiger partial charge in [-0.15, -0.1) is 0 Å². The second kappa shape index (κ2) is 11.1. The number of ether oxygens (including phenoxy) is 1. The van der Waals surface area contributed by atoms with Crippen LogP contribution in [0.15, 0.2) is 45.5 Å². The van der Waals surface area contributed by atoms with Crippen molar-refractivity contribution in [2.75, 3.05) is 19.5 Å². The lowest BCUT2D eigenvalue weighted by Gasteiger charge is -2.22. The maximum absolute atomic E-state index is 12.8. The summed E-state index contributed by atoms with van der Waals surface area (Å²) in [6, 6.07) is 7.18. The van der Waals surface area contributed by atoms with Gasteiger partial charge in [-0.2, -0.15) is 0 Å². The van der Waals surface area contributed by atoms with Crippen LogP contribution in [0.2, 0.25) is 0 Å². The molecule has 1 amide bonds. The fraction of sp³-hybridized carbons (Fsp3) is 0.300. The molecular formula is C20H23BrN4O3S. The number of methoxy groups -OCH3 is 1. The van der Waals surface area contributed by atoms with Gasteiger partial charge in [-0.1, -0.05) is 28.1 Å². The molecule has 0 spiro atoms. The molecule has 0 bridgehead atoms. The summed E-state index contributed by atoms with van der Waals surface area (Å²) >= 11 is 4.47. The fourth-order valence-corrected chi connectivity index (χ4v) is 3.82. The van der Waals surface area contributed by atoms with E-state index in [4.69, 9.17) is 10.5 Å². The van der Waals surface area contributed by atoms with Crippen molar-refractivity contribution in [1.29, 1.82) is 0 Å². The SMILES string of the molecule is COCC/C(SC(=O)c1cccc(Br)c1)=C(\C)N(C=O)Cc1cnc(C)nc1N. The molecule has 1 heterocycles. The molecule has 29 heavy (non-hydrogen) atoms. The molecule has 2 N–H and O–H groups in total. The number of aryl methyl sites for hydroxylation is 1. The van der Waals surface area contributed by atoms with Crippen LogP contribution in [0, 0.1) is 6.92 Å². The number of halogens is 1. The highest BCUT2D eigenvalue weighted by atomic mass is 79.9. The number of allylic oxidation sites excluding steroid dienone is 1. The predicted molar refractivity (Wildman–Crippen MR) is 118 cm³/mol. The zero-order chi connectivity index (χ0) is 21.4. The number of anilines is 1. The van der Waals surface area contributed by atoms with Crippen LogP contribution in [0.5, 0.6) is 0 Å². The Balaban J connectivity index is 2.29. The van der Waals surface area contributed by atoms with Crippen LogP contribution in [0.1, 0.15) is 35.1 Å². The number of hydrogen-bond acceptors (Lipinski definition) is 7. The number of carbonyl (C=O) groups excluding carboxylic acids is 2. The van der Waals surface area contributed by atoms with Crippen LogP contribution in [0.4, 0.5) is 5.82 Å². The standard InChI is InChI=1S/C20H23BrN4O3S/c1-13(25(12-26)11-16-10-23-14(2)24-19(16)22)18(7-8-28-3)29-20(27)15-5-4-6-17(21)9-15/h4-6,9-10,12H,7-8,11H2,1-3H3,(H2,22,23,24)/b18-13-. The largest absolute Gasteiger partial charge is 0.384 e. The van der Waals surface area contributed by atoms with Gasteiger partial charge in [-0.05, 0) is 37.7 Å². The van der Waals surface area contributed by atoms with Gasteiger partial charge in [0.05, 0.1) is 13.2 Å². The predicted octanol–water partition coefficient (Wildman–Crippen LogP) is 3.93. The van der Waals surface area contributed by atoms with Gasteiger partial charge in [0.2, 0.25) is 11.5 Å². The number of nitrogens with zero attached hydrogens (tertiary/aromatic N) is 3. The third-order valence-electron chi connectivity index (χ3n) is 4.13. The number of carbonyl (C=O) groups is 2. The van der Waals surface area contributed by atoms with Crippen LogP contribution in [-0.4, -0.2) is 40.1 Å². The Kier molecular flexibility index (Phi) is 8.81. The third-order valence-corrected chi connectivity index (χ3v) is 5.79. The van der Waals surface area contributed by atoms with Crippen molar-refractivity contribution in [2.24, 2.45) is 0 Å². The third kappa shape index (κ3) is 6.66. The number of thioether (sulfide) groups is 1. The lowest BCUT2D eigenvalue weighted by atomic mass is 10.2. The molecule has 1 aromatic carbocycles. The molecule has 0 saturated heterocycles. The fourth-order valence-electron chi connectivity index (χ4n) is 2.50. The summed E-state index contributed by atoms with van der Waals surface area (Å²) in [5.74, 6) is 0.889. The van der Waals surface area contributed by atoms with Crippen molar-refractivity contribution >= 4 is 45.0 Å². The van der Waals surface area contributed by atoms with Crippen LogP contribution >= 0.6 is 27.7 Å². The van der Waals surface area contributed by atoms with E-state index in [9.17, 15) is 9.59 Å². The van der Waals surface area contributed by atoms with E-state index in [0.717, 1.165) is 21.1 Å². The smallest absolute Gasteiger partial charge is 0.223 e. The molecule has 9 heteroatoms. The maximum atomic E-state index is 12.8. The van der Waals surface area contributed by atoms with Crippen LogP contribution < -0.4 is 5.73 Å². The van der Waals surface area contributed by atoms with Gasteiger partial charge in [-0.25, -0.2) is 9.97 Å². The number of rotatable bonds is 9. The zero-order valence-electron chi connectivity index (χ0n) is 16.5. The first kappa shape index (κ1) is 23.1. The summed E-state index contributed by atoms with van der Waals surface area (Å²) in [5, 5.41) is -0.110. The van der Waals surface area contributed by atoms with Crippen molar-refractivity contribution in [3.8, 4) is 0 Å². The van der Waals surface area contributed by atoms with Crippen molar-refractivity contribution < 1.29 is 14.3 Å². The van der Waals surface area contributed by atoms with E-state index in [2.05, 4.69) is 25.9 Å². The average Bonchev–Trinajstić information content (AvgIpc) is 2.70. The van der Waals surface area contributed by atoms with Gasteiger partial charge in [0, 0.05) is 45.9 Å². The van der Waals surface area contributed by atoms with Gasteiger partial charge < -0.3 is 15.4 Å². The van der Waals surface area contributed by atoms with Crippen LogP contribution in [0.25, 0.3) is 0 Å². The van der Waals surface area contributed by atoms with E-state index in [1.54, 1.807) is 45.4 Å². The molecule has 0 atom stereocenters. The Morgan fingerprint density at radius 1 is 1.41 bits per heavy atom. The van der Waals surface area contributed by atoms with E-state index in [0.29, 0.717) is 47.9 Å². The first-order chi connectivity index (χ1) is 13.8. The van der Waals surface area contributed by atoms with Crippen molar-refractivity contribution in [3.05, 3.63) is 62.5 Å². The molecule has 0 saturated carbocycles. The van der Waals surface area contributed by atoms with Gasteiger partial charge in [0.1, 0.15) is 11.6 Å². The van der Waals surface area contributed by atoms with Gasteiger partial charge in [0.25, 0.3) is 0 Å². The van der Waals surface area contributed by atoms with Crippen LogP contribution in [-0.2, 0) is 16.1 Å². The number of aromatic nitrogens is 2. The Morgan fingerprint density at radius 2 is 2.17 bits per heavy atom.